The Bertz CT molecular complexity index is 481. The predicted molar refractivity (Wildman–Crippen MR) is 63.4 cm³/mol. The summed E-state index contributed by atoms with van der Waals surface area (Å²) in [7, 11) is 0. The molecule has 0 aliphatic rings. The lowest BCUT2D eigenvalue weighted by molar-refractivity contribution is 0.972. The van der Waals surface area contributed by atoms with E-state index in [0.717, 1.165) is 21.5 Å². The van der Waals surface area contributed by atoms with E-state index in [9.17, 15) is 0 Å². The number of halogens is 2. The highest BCUT2D eigenvalue weighted by Crippen LogP contribution is 2.16. The molecule has 2 rings (SSSR count). The molecule has 5 heteroatoms. The van der Waals surface area contributed by atoms with Crippen LogP contribution in [0.2, 0.25) is 0 Å². The maximum Gasteiger partial charge on any atom is 0.140 e. The van der Waals surface area contributed by atoms with Crippen molar-refractivity contribution in [3.05, 3.63) is 40.5 Å². The summed E-state index contributed by atoms with van der Waals surface area (Å²) in [5.74, 6) is 1.30. The number of imidazole rings is 1. The maximum absolute atomic E-state index is 5.69. The lowest BCUT2D eigenvalue weighted by Gasteiger charge is -2.04. The summed E-state index contributed by atoms with van der Waals surface area (Å²) in [5.41, 5.74) is 1.93. The molecule has 2 aromatic rings. The number of hydrogen-bond acceptors (Lipinski definition) is 2. The summed E-state index contributed by atoms with van der Waals surface area (Å²) in [6.07, 6.45) is 5.37. The van der Waals surface area contributed by atoms with Gasteiger partial charge in [0.15, 0.2) is 0 Å². The standard InChI is InChI=1S/C10H9BrClN3/c1-7-2-8(11)4-13-10(7)15-5-9(3-12)14-6-15/h2,4-6H,3H2,1H3. The highest BCUT2D eigenvalue weighted by Gasteiger charge is 2.04. The number of aromatic nitrogens is 3. The zero-order valence-electron chi connectivity index (χ0n) is 8.11. The monoisotopic (exact) mass is 285 g/mol. The maximum atomic E-state index is 5.69. The fourth-order valence-electron chi connectivity index (χ4n) is 1.35. The minimum atomic E-state index is 0.419. The lowest BCUT2D eigenvalue weighted by atomic mass is 10.3. The predicted octanol–water partition coefficient (Wildman–Crippen LogP) is 3.08. The second kappa shape index (κ2) is 4.33. The molecule has 0 saturated heterocycles. The molecular formula is C10H9BrClN3. The molecule has 0 unspecified atom stereocenters. The second-order valence-electron chi connectivity index (χ2n) is 3.20. The molecule has 2 aromatic heterocycles. The highest BCUT2D eigenvalue weighted by atomic mass is 79.9. The van der Waals surface area contributed by atoms with Crippen molar-refractivity contribution in [3.63, 3.8) is 0 Å². The van der Waals surface area contributed by atoms with Crippen LogP contribution in [0, 0.1) is 6.92 Å². The van der Waals surface area contributed by atoms with Crippen molar-refractivity contribution in [1.29, 1.82) is 0 Å². The van der Waals surface area contributed by atoms with E-state index in [0.29, 0.717) is 5.88 Å². The second-order valence-corrected chi connectivity index (χ2v) is 4.38. The molecule has 0 atom stereocenters. The van der Waals surface area contributed by atoms with Crippen LogP contribution in [0.25, 0.3) is 5.82 Å². The van der Waals surface area contributed by atoms with Crippen molar-refractivity contribution in [1.82, 2.24) is 14.5 Å². The van der Waals surface area contributed by atoms with Crippen LogP contribution < -0.4 is 0 Å². The van der Waals surface area contributed by atoms with Gasteiger partial charge in [-0.3, -0.25) is 4.57 Å². The van der Waals surface area contributed by atoms with Crippen molar-refractivity contribution in [2.24, 2.45) is 0 Å². The molecule has 0 saturated carbocycles. The van der Waals surface area contributed by atoms with E-state index >= 15 is 0 Å². The smallest absolute Gasteiger partial charge is 0.140 e. The molecular weight excluding hydrogens is 277 g/mol. The van der Waals surface area contributed by atoms with Gasteiger partial charge in [-0.1, -0.05) is 0 Å². The van der Waals surface area contributed by atoms with E-state index in [1.807, 2.05) is 23.8 Å². The van der Waals surface area contributed by atoms with E-state index in [2.05, 4.69) is 25.9 Å². The summed E-state index contributed by atoms with van der Waals surface area (Å²) in [5, 5.41) is 0. The number of alkyl halides is 1. The van der Waals surface area contributed by atoms with Gasteiger partial charge in [-0.2, -0.15) is 0 Å². The molecule has 0 N–H and O–H groups in total. The van der Waals surface area contributed by atoms with Gasteiger partial charge in [0.1, 0.15) is 12.1 Å². The zero-order valence-corrected chi connectivity index (χ0v) is 10.5. The van der Waals surface area contributed by atoms with Crippen LogP contribution in [-0.4, -0.2) is 14.5 Å². The highest BCUT2D eigenvalue weighted by molar-refractivity contribution is 9.10. The van der Waals surface area contributed by atoms with E-state index < -0.39 is 0 Å². The first-order valence-corrected chi connectivity index (χ1v) is 5.75. The minimum Gasteiger partial charge on any atom is -0.290 e. The first kappa shape index (κ1) is 10.6. The third-order valence-electron chi connectivity index (χ3n) is 2.03. The van der Waals surface area contributed by atoms with Crippen molar-refractivity contribution in [3.8, 4) is 5.82 Å². The Balaban J connectivity index is 2.44. The van der Waals surface area contributed by atoms with Gasteiger partial charge in [0.2, 0.25) is 0 Å². The molecule has 78 valence electrons. The number of pyridine rings is 1. The normalized spacial score (nSPS) is 10.6. The van der Waals surface area contributed by atoms with Gasteiger partial charge >= 0.3 is 0 Å². The SMILES string of the molecule is Cc1cc(Br)cnc1-n1cnc(CCl)c1. The van der Waals surface area contributed by atoms with Crippen molar-refractivity contribution >= 4 is 27.5 Å². The average Bonchev–Trinajstić information content (AvgIpc) is 2.66. The lowest BCUT2D eigenvalue weighted by Crippen LogP contribution is -1.97. The van der Waals surface area contributed by atoms with Gasteiger partial charge in [0.25, 0.3) is 0 Å². The Morgan fingerprint density at radius 2 is 2.27 bits per heavy atom. The third kappa shape index (κ3) is 2.21. The number of rotatable bonds is 2. The van der Waals surface area contributed by atoms with Crippen LogP contribution in [0.5, 0.6) is 0 Å². The first-order chi connectivity index (χ1) is 7.20. The Morgan fingerprint density at radius 3 is 2.87 bits per heavy atom. The molecule has 0 aromatic carbocycles. The fraction of sp³-hybridized carbons (Fsp3) is 0.200. The summed E-state index contributed by atoms with van der Waals surface area (Å²) >= 11 is 9.07. The Morgan fingerprint density at radius 1 is 1.47 bits per heavy atom. The fourth-order valence-corrected chi connectivity index (χ4v) is 1.94. The average molecular weight is 287 g/mol. The van der Waals surface area contributed by atoms with Crippen LogP contribution in [0.1, 0.15) is 11.3 Å². The number of nitrogens with zero attached hydrogens (tertiary/aromatic N) is 3. The summed E-state index contributed by atoms with van der Waals surface area (Å²) < 4.78 is 2.85. The van der Waals surface area contributed by atoms with Crippen molar-refractivity contribution in [2.75, 3.05) is 0 Å². The Kier molecular flexibility index (Phi) is 3.07. The van der Waals surface area contributed by atoms with Gasteiger partial charge in [0.05, 0.1) is 11.6 Å². The molecule has 0 bridgehead atoms. The largest absolute Gasteiger partial charge is 0.290 e. The van der Waals surface area contributed by atoms with Crippen LogP contribution in [0.3, 0.4) is 0 Å². The van der Waals surface area contributed by atoms with Gasteiger partial charge in [-0.05, 0) is 34.5 Å². The topological polar surface area (TPSA) is 30.7 Å². The van der Waals surface area contributed by atoms with E-state index in [1.54, 1.807) is 12.5 Å². The molecule has 0 fully saturated rings. The molecule has 2 heterocycles. The molecule has 0 amide bonds. The minimum absolute atomic E-state index is 0.419. The quantitative estimate of drug-likeness (QED) is 0.794. The van der Waals surface area contributed by atoms with Gasteiger partial charge in [-0.25, -0.2) is 9.97 Å². The molecule has 0 radical (unpaired) electrons. The van der Waals surface area contributed by atoms with Crippen LogP contribution in [0.15, 0.2) is 29.3 Å². The first-order valence-electron chi connectivity index (χ1n) is 4.42. The van der Waals surface area contributed by atoms with Crippen LogP contribution >= 0.6 is 27.5 Å². The van der Waals surface area contributed by atoms with Gasteiger partial charge < -0.3 is 0 Å². The molecule has 0 aliphatic carbocycles. The zero-order chi connectivity index (χ0) is 10.8. The summed E-state index contributed by atoms with van der Waals surface area (Å²) in [6.45, 7) is 2.01. The molecule has 0 spiro atoms. The van der Waals surface area contributed by atoms with Gasteiger partial charge in [0, 0.05) is 16.9 Å². The number of hydrogen-bond donors (Lipinski definition) is 0. The van der Waals surface area contributed by atoms with Crippen LogP contribution in [-0.2, 0) is 5.88 Å². The Labute approximate surface area is 101 Å². The summed E-state index contributed by atoms with van der Waals surface area (Å²) in [4.78, 5) is 8.48. The van der Waals surface area contributed by atoms with Crippen LogP contribution in [0.4, 0.5) is 0 Å². The van der Waals surface area contributed by atoms with E-state index in [1.165, 1.54) is 0 Å². The molecule has 0 aliphatic heterocycles. The molecule has 15 heavy (non-hydrogen) atoms. The van der Waals surface area contributed by atoms with E-state index in [-0.39, 0.29) is 0 Å². The molecule has 3 nitrogen and oxygen atoms in total. The van der Waals surface area contributed by atoms with Crippen molar-refractivity contribution in [2.45, 2.75) is 12.8 Å². The third-order valence-corrected chi connectivity index (χ3v) is 2.74. The Hall–Kier alpha value is -0.870. The summed E-state index contributed by atoms with van der Waals surface area (Å²) in [6, 6.07) is 2.02. The van der Waals surface area contributed by atoms with Crippen molar-refractivity contribution < 1.29 is 0 Å². The van der Waals surface area contributed by atoms with E-state index in [4.69, 9.17) is 11.6 Å². The number of aryl methyl sites for hydroxylation is 1. The van der Waals surface area contributed by atoms with Gasteiger partial charge in [-0.15, -0.1) is 11.6 Å².